The molecule has 0 saturated heterocycles. The van der Waals surface area contributed by atoms with Crippen molar-refractivity contribution < 1.29 is 29.0 Å². The molecule has 41 heavy (non-hydrogen) atoms. The summed E-state index contributed by atoms with van der Waals surface area (Å²) < 4.78 is 6.23. The first-order valence-electron chi connectivity index (χ1n) is 12.8. The molecule has 0 aliphatic heterocycles. The molecule has 0 radical (unpaired) electrons. The number of ether oxygens (including phenoxy) is 1. The van der Waals surface area contributed by atoms with E-state index in [-0.39, 0.29) is 44.3 Å². The number of nitrogens with one attached hydrogen (secondary N) is 2. The maximum Gasteiger partial charge on any atom is 0.323 e. The lowest BCUT2D eigenvalue weighted by molar-refractivity contribution is -0.141. The zero-order valence-corrected chi connectivity index (χ0v) is 24.7. The van der Waals surface area contributed by atoms with E-state index >= 15 is 0 Å². The summed E-state index contributed by atoms with van der Waals surface area (Å²) in [7, 11) is 2.99. The number of aliphatic carboxylic acids is 1. The summed E-state index contributed by atoms with van der Waals surface area (Å²) in [5.41, 5.74) is 3.49. The Morgan fingerprint density at radius 3 is 2.29 bits per heavy atom. The van der Waals surface area contributed by atoms with E-state index in [1.165, 1.54) is 24.0 Å². The Balaban J connectivity index is 1.62. The lowest BCUT2D eigenvalue weighted by Crippen LogP contribution is -2.42. The van der Waals surface area contributed by atoms with Gasteiger partial charge in [0.15, 0.2) is 0 Å². The van der Waals surface area contributed by atoms with Crippen LogP contribution >= 0.6 is 15.9 Å². The van der Waals surface area contributed by atoms with E-state index in [9.17, 15) is 19.2 Å². The van der Waals surface area contributed by atoms with Crippen LogP contribution in [0.3, 0.4) is 0 Å². The van der Waals surface area contributed by atoms with E-state index < -0.39 is 12.0 Å². The van der Waals surface area contributed by atoms with Gasteiger partial charge < -0.3 is 30.3 Å². The minimum Gasteiger partial charge on any atom is -0.495 e. The molecule has 0 fully saturated rings. The number of hydrogen-bond acceptors (Lipinski definition) is 5. The molecule has 0 aromatic heterocycles. The fourth-order valence-electron chi connectivity index (χ4n) is 3.99. The summed E-state index contributed by atoms with van der Waals surface area (Å²) in [5.74, 6) is -1.31. The number of para-hydroxylation sites is 1. The maximum absolute atomic E-state index is 13.1. The first-order valence-corrected chi connectivity index (χ1v) is 13.6. The van der Waals surface area contributed by atoms with E-state index in [4.69, 9.17) is 9.84 Å². The number of aryl methyl sites for hydroxylation is 1. The summed E-state index contributed by atoms with van der Waals surface area (Å²) in [6.45, 7) is 1.90. The minimum absolute atomic E-state index is 0.00478. The van der Waals surface area contributed by atoms with Crippen LogP contribution in [0.5, 0.6) is 5.75 Å². The third-order valence-corrected chi connectivity index (χ3v) is 7.10. The fourth-order valence-corrected chi connectivity index (χ4v) is 4.40. The molecule has 0 heterocycles. The molecule has 3 rings (SSSR count). The fraction of sp³-hybridized carbons (Fsp3) is 0.267. The van der Waals surface area contributed by atoms with Crippen LogP contribution in [0.25, 0.3) is 0 Å². The molecule has 0 aliphatic rings. The number of carbonyl (C=O) groups is 4. The third-order valence-electron chi connectivity index (χ3n) is 6.33. The van der Waals surface area contributed by atoms with Crippen molar-refractivity contribution in [2.45, 2.75) is 26.3 Å². The number of nitrogens with zero attached hydrogens (tertiary/aromatic N) is 2. The molecule has 11 heteroatoms. The van der Waals surface area contributed by atoms with Crippen LogP contribution in [0.1, 0.15) is 23.1 Å². The Morgan fingerprint density at radius 1 is 0.927 bits per heavy atom. The molecule has 0 atom stereocenters. The van der Waals surface area contributed by atoms with Gasteiger partial charge in [-0.1, -0.05) is 58.4 Å². The lowest BCUT2D eigenvalue weighted by Gasteiger charge is -2.26. The van der Waals surface area contributed by atoms with Crippen molar-refractivity contribution in [3.8, 4) is 5.75 Å². The SMILES string of the molecule is COc1cc(CC(=O)N(C)CC(=O)N(CCC(=O)O)Cc2ccccc2Br)ccc1NC(=O)Nc1ccccc1C. The Morgan fingerprint density at radius 2 is 1.61 bits per heavy atom. The van der Waals surface area contributed by atoms with Crippen molar-refractivity contribution >= 4 is 51.1 Å². The van der Waals surface area contributed by atoms with Crippen LogP contribution in [0.2, 0.25) is 0 Å². The van der Waals surface area contributed by atoms with Crippen LogP contribution in [0.15, 0.2) is 71.2 Å². The number of halogens is 1. The number of amides is 4. The molecular weight excluding hydrogens is 592 g/mol. The summed E-state index contributed by atoms with van der Waals surface area (Å²) >= 11 is 3.46. The highest BCUT2D eigenvalue weighted by molar-refractivity contribution is 9.10. The van der Waals surface area contributed by atoms with Gasteiger partial charge in [-0.15, -0.1) is 0 Å². The van der Waals surface area contributed by atoms with Crippen LogP contribution in [0, 0.1) is 6.92 Å². The van der Waals surface area contributed by atoms with E-state index in [1.54, 1.807) is 24.3 Å². The molecule has 0 bridgehead atoms. The number of urea groups is 1. The number of carboxylic acids is 1. The highest BCUT2D eigenvalue weighted by Gasteiger charge is 2.21. The highest BCUT2D eigenvalue weighted by Crippen LogP contribution is 2.26. The normalized spacial score (nSPS) is 10.4. The van der Waals surface area contributed by atoms with E-state index in [1.807, 2.05) is 49.4 Å². The monoisotopic (exact) mass is 624 g/mol. The lowest BCUT2D eigenvalue weighted by atomic mass is 10.1. The smallest absolute Gasteiger partial charge is 0.323 e. The number of benzene rings is 3. The predicted molar refractivity (Wildman–Crippen MR) is 160 cm³/mol. The Hall–Kier alpha value is -4.38. The van der Waals surface area contributed by atoms with Gasteiger partial charge in [-0.25, -0.2) is 4.79 Å². The number of hydrogen-bond donors (Lipinski definition) is 3. The second-order valence-corrected chi connectivity index (χ2v) is 10.3. The Kier molecular flexibility index (Phi) is 11.3. The second kappa shape index (κ2) is 14.8. The molecular formula is C30H33BrN4O6. The molecule has 3 N–H and O–H groups in total. The van der Waals surface area contributed by atoms with Gasteiger partial charge in [0.2, 0.25) is 11.8 Å². The van der Waals surface area contributed by atoms with Crippen LogP contribution < -0.4 is 15.4 Å². The van der Waals surface area contributed by atoms with Crippen LogP contribution in [0.4, 0.5) is 16.2 Å². The van der Waals surface area contributed by atoms with Gasteiger partial charge in [-0.05, 0) is 47.9 Å². The van der Waals surface area contributed by atoms with E-state index in [0.29, 0.717) is 22.7 Å². The van der Waals surface area contributed by atoms with Crippen LogP contribution in [-0.4, -0.2) is 66.0 Å². The standard InChI is InChI=1S/C30H33BrN4O6/c1-20-8-4-7-11-24(20)32-30(40)33-25-13-12-21(16-26(25)41-3)17-27(36)34(2)19-28(37)35(15-14-29(38)39)18-22-9-5-6-10-23(22)31/h4-13,16H,14-15,17-19H2,1-3H3,(H,38,39)(H2,32,33,40). The largest absolute Gasteiger partial charge is 0.495 e. The molecule has 0 spiro atoms. The van der Waals surface area contributed by atoms with Crippen molar-refractivity contribution in [2.75, 3.05) is 37.9 Å². The molecule has 3 aromatic carbocycles. The quantitative estimate of drug-likeness (QED) is 0.262. The molecule has 3 aromatic rings. The zero-order valence-electron chi connectivity index (χ0n) is 23.1. The van der Waals surface area contributed by atoms with Crippen molar-refractivity contribution in [3.63, 3.8) is 0 Å². The van der Waals surface area contributed by atoms with Gasteiger partial charge in [0, 0.05) is 30.3 Å². The van der Waals surface area contributed by atoms with Crippen LogP contribution in [-0.2, 0) is 27.3 Å². The highest BCUT2D eigenvalue weighted by atomic mass is 79.9. The Bertz CT molecular complexity index is 1410. The van der Waals surface area contributed by atoms with Crippen molar-refractivity contribution in [1.29, 1.82) is 0 Å². The topological polar surface area (TPSA) is 128 Å². The first kappa shape index (κ1) is 31.2. The minimum atomic E-state index is -1.01. The summed E-state index contributed by atoms with van der Waals surface area (Å²) in [4.78, 5) is 52.5. The Labute approximate surface area is 247 Å². The van der Waals surface area contributed by atoms with Gasteiger partial charge in [0.05, 0.1) is 32.2 Å². The molecule has 0 unspecified atom stereocenters. The number of carboxylic acid groups (broad SMARTS) is 1. The molecule has 10 nitrogen and oxygen atoms in total. The van der Waals surface area contributed by atoms with Gasteiger partial charge >= 0.3 is 12.0 Å². The average molecular weight is 626 g/mol. The average Bonchev–Trinajstić information content (AvgIpc) is 2.93. The summed E-state index contributed by atoms with van der Waals surface area (Å²) in [6.07, 6.45) is -0.216. The number of anilines is 2. The number of carbonyl (C=O) groups excluding carboxylic acids is 3. The molecule has 216 valence electrons. The number of likely N-dealkylation sites (N-methyl/N-ethyl adjacent to an activating group) is 1. The van der Waals surface area contributed by atoms with Gasteiger partial charge in [0.1, 0.15) is 5.75 Å². The van der Waals surface area contributed by atoms with Gasteiger partial charge in [0.25, 0.3) is 0 Å². The summed E-state index contributed by atoms with van der Waals surface area (Å²) in [6, 6.07) is 19.3. The van der Waals surface area contributed by atoms with E-state index in [2.05, 4.69) is 26.6 Å². The summed E-state index contributed by atoms with van der Waals surface area (Å²) in [5, 5.41) is 14.7. The van der Waals surface area contributed by atoms with Crippen molar-refractivity contribution in [2.24, 2.45) is 0 Å². The molecule has 0 aliphatic carbocycles. The van der Waals surface area contributed by atoms with Crippen molar-refractivity contribution in [3.05, 3.63) is 87.9 Å². The predicted octanol–water partition coefficient (Wildman–Crippen LogP) is 4.91. The second-order valence-electron chi connectivity index (χ2n) is 9.41. The van der Waals surface area contributed by atoms with Crippen molar-refractivity contribution in [1.82, 2.24) is 9.80 Å². The zero-order chi connectivity index (χ0) is 29.9. The molecule has 0 saturated carbocycles. The molecule has 4 amide bonds. The number of rotatable bonds is 12. The third kappa shape index (κ3) is 9.35. The van der Waals surface area contributed by atoms with Gasteiger partial charge in [-0.3, -0.25) is 14.4 Å². The van der Waals surface area contributed by atoms with E-state index in [0.717, 1.165) is 15.6 Å². The van der Waals surface area contributed by atoms with Gasteiger partial charge in [-0.2, -0.15) is 0 Å². The first-order chi connectivity index (χ1) is 19.6. The maximum atomic E-state index is 13.1. The number of methoxy groups -OCH3 is 1.